The van der Waals surface area contributed by atoms with Gasteiger partial charge in [-0.1, -0.05) is 13.8 Å². The van der Waals surface area contributed by atoms with E-state index >= 15 is 0 Å². The largest absolute Gasteiger partial charge is 0.340 e. The predicted molar refractivity (Wildman–Crippen MR) is 107 cm³/mol. The van der Waals surface area contributed by atoms with Gasteiger partial charge in [-0.15, -0.1) is 0 Å². The van der Waals surface area contributed by atoms with Crippen molar-refractivity contribution in [3.63, 3.8) is 0 Å². The van der Waals surface area contributed by atoms with Crippen LogP contribution in [-0.4, -0.2) is 99.7 Å². The van der Waals surface area contributed by atoms with E-state index in [9.17, 15) is 26.4 Å². The molecule has 1 aliphatic heterocycles. The lowest BCUT2D eigenvalue weighted by Gasteiger charge is -2.37. The molecule has 170 valence electrons. The Morgan fingerprint density at radius 3 is 1.93 bits per heavy atom. The van der Waals surface area contributed by atoms with Gasteiger partial charge in [0.1, 0.15) is 0 Å². The van der Waals surface area contributed by atoms with Crippen LogP contribution < -0.4 is 5.48 Å². The van der Waals surface area contributed by atoms with E-state index in [1.165, 1.54) is 16.3 Å². The van der Waals surface area contributed by atoms with Crippen molar-refractivity contribution in [3.05, 3.63) is 0 Å². The molecule has 1 rings (SSSR count). The standard InChI is InChI=1S/C16H32N4O7S2/c1-12(2)10-13(14(15(21)17-23)11-18(3)28(4,24)25)16(22)19-6-8-20(9-7-19)29(5,26)27/h12-14,23H,6-11H2,1-5H3,(H,17,21)/t13-,14+/m1/s1. The van der Waals surface area contributed by atoms with Crippen LogP contribution in [-0.2, 0) is 29.6 Å². The van der Waals surface area contributed by atoms with E-state index in [1.54, 1.807) is 5.48 Å². The van der Waals surface area contributed by atoms with Crippen LogP contribution in [0.5, 0.6) is 0 Å². The molecule has 0 saturated carbocycles. The first-order valence-electron chi connectivity index (χ1n) is 9.27. The Labute approximate surface area is 173 Å². The molecule has 0 radical (unpaired) electrons. The lowest BCUT2D eigenvalue weighted by molar-refractivity contribution is -0.146. The second kappa shape index (κ2) is 10.2. The van der Waals surface area contributed by atoms with Gasteiger partial charge in [0.05, 0.1) is 24.3 Å². The molecule has 0 aromatic heterocycles. The molecule has 1 fully saturated rings. The molecule has 1 heterocycles. The zero-order valence-electron chi connectivity index (χ0n) is 17.5. The number of rotatable bonds is 9. The summed E-state index contributed by atoms with van der Waals surface area (Å²) in [5, 5.41) is 9.15. The topological polar surface area (TPSA) is 144 Å². The third kappa shape index (κ3) is 7.48. The molecule has 0 bridgehead atoms. The molecule has 0 aromatic carbocycles. The van der Waals surface area contributed by atoms with Crippen LogP contribution in [0.25, 0.3) is 0 Å². The summed E-state index contributed by atoms with van der Waals surface area (Å²) in [5.74, 6) is -3.13. The summed E-state index contributed by atoms with van der Waals surface area (Å²) < 4.78 is 49.2. The number of hydroxylamine groups is 1. The van der Waals surface area contributed by atoms with Gasteiger partial charge in [0.25, 0.3) is 0 Å². The van der Waals surface area contributed by atoms with E-state index in [-0.39, 0.29) is 44.5 Å². The average Bonchev–Trinajstić information content (AvgIpc) is 2.61. The highest BCUT2D eigenvalue weighted by Crippen LogP contribution is 2.26. The molecule has 1 aliphatic rings. The lowest BCUT2D eigenvalue weighted by Crippen LogP contribution is -2.54. The van der Waals surface area contributed by atoms with Crippen molar-refractivity contribution >= 4 is 31.9 Å². The van der Waals surface area contributed by atoms with Gasteiger partial charge in [-0.05, 0) is 12.3 Å². The fourth-order valence-electron chi connectivity index (χ4n) is 3.31. The number of piperazine rings is 1. The molecule has 2 amide bonds. The molecule has 2 atom stereocenters. The monoisotopic (exact) mass is 456 g/mol. The van der Waals surface area contributed by atoms with Crippen molar-refractivity contribution in [2.24, 2.45) is 17.8 Å². The SMILES string of the molecule is CC(C)C[C@@H](C(=O)N1CCN(S(C)(=O)=O)CC1)[C@H](CN(C)S(C)(=O)=O)C(=O)NO. The molecule has 0 aliphatic carbocycles. The summed E-state index contributed by atoms with van der Waals surface area (Å²) in [6, 6.07) is 0. The van der Waals surface area contributed by atoms with E-state index in [0.717, 1.165) is 16.8 Å². The maximum Gasteiger partial charge on any atom is 0.248 e. The molecular formula is C16H32N4O7S2. The van der Waals surface area contributed by atoms with Gasteiger partial charge in [-0.25, -0.2) is 26.6 Å². The molecule has 0 unspecified atom stereocenters. The predicted octanol–water partition coefficient (Wildman–Crippen LogP) is -1.23. The fourth-order valence-corrected chi connectivity index (χ4v) is 4.57. The van der Waals surface area contributed by atoms with Crippen molar-refractivity contribution < 1.29 is 31.6 Å². The number of hydrogen-bond donors (Lipinski definition) is 2. The van der Waals surface area contributed by atoms with Gasteiger partial charge in [0.15, 0.2) is 0 Å². The maximum absolute atomic E-state index is 13.2. The summed E-state index contributed by atoms with van der Waals surface area (Å²) in [7, 11) is -5.66. The van der Waals surface area contributed by atoms with E-state index in [4.69, 9.17) is 5.21 Å². The first-order valence-corrected chi connectivity index (χ1v) is 13.0. The normalized spacial score (nSPS) is 18.7. The third-order valence-corrected chi connectivity index (χ3v) is 7.60. The van der Waals surface area contributed by atoms with Crippen LogP contribution in [0.4, 0.5) is 0 Å². The summed E-state index contributed by atoms with van der Waals surface area (Å²) in [5.41, 5.74) is 1.54. The van der Waals surface area contributed by atoms with Gasteiger partial charge >= 0.3 is 0 Å². The van der Waals surface area contributed by atoms with Crippen LogP contribution in [0, 0.1) is 17.8 Å². The van der Waals surface area contributed by atoms with Crippen LogP contribution in [0.15, 0.2) is 0 Å². The van der Waals surface area contributed by atoms with Crippen molar-refractivity contribution in [2.45, 2.75) is 20.3 Å². The molecule has 2 N–H and O–H groups in total. The molecular weight excluding hydrogens is 424 g/mol. The molecule has 0 aromatic rings. The Bertz CT molecular complexity index is 790. The minimum absolute atomic E-state index is 0.0267. The van der Waals surface area contributed by atoms with Crippen molar-refractivity contribution in [2.75, 3.05) is 52.3 Å². The van der Waals surface area contributed by atoms with Crippen LogP contribution in [0.1, 0.15) is 20.3 Å². The zero-order valence-corrected chi connectivity index (χ0v) is 19.2. The van der Waals surface area contributed by atoms with Gasteiger partial charge in [0.2, 0.25) is 31.9 Å². The minimum Gasteiger partial charge on any atom is -0.340 e. The van der Waals surface area contributed by atoms with E-state index in [2.05, 4.69) is 0 Å². The van der Waals surface area contributed by atoms with Gasteiger partial charge in [0, 0.05) is 39.8 Å². The van der Waals surface area contributed by atoms with Crippen LogP contribution in [0.3, 0.4) is 0 Å². The Balaban J connectivity index is 3.11. The highest BCUT2D eigenvalue weighted by atomic mass is 32.2. The Morgan fingerprint density at radius 2 is 1.55 bits per heavy atom. The Morgan fingerprint density at radius 1 is 1.03 bits per heavy atom. The number of nitrogens with zero attached hydrogens (tertiary/aromatic N) is 3. The average molecular weight is 457 g/mol. The zero-order chi connectivity index (χ0) is 22.6. The molecule has 0 spiro atoms. The lowest BCUT2D eigenvalue weighted by atomic mass is 9.83. The minimum atomic E-state index is -3.60. The fraction of sp³-hybridized carbons (Fsp3) is 0.875. The number of carbonyl (C=O) groups is 2. The Kier molecular flexibility index (Phi) is 9.02. The van der Waals surface area contributed by atoms with Crippen molar-refractivity contribution in [1.82, 2.24) is 19.0 Å². The van der Waals surface area contributed by atoms with Gasteiger partial charge in [-0.3, -0.25) is 14.8 Å². The number of sulfonamides is 2. The van der Waals surface area contributed by atoms with Gasteiger partial charge < -0.3 is 4.90 Å². The molecule has 29 heavy (non-hydrogen) atoms. The summed E-state index contributed by atoms with van der Waals surface area (Å²) >= 11 is 0. The number of amides is 2. The second-order valence-corrected chi connectivity index (χ2v) is 11.9. The first-order chi connectivity index (χ1) is 13.2. The number of hydrogen-bond acceptors (Lipinski definition) is 7. The summed E-state index contributed by atoms with van der Waals surface area (Å²) in [4.78, 5) is 27.0. The van der Waals surface area contributed by atoms with Crippen LogP contribution >= 0.6 is 0 Å². The van der Waals surface area contributed by atoms with Crippen molar-refractivity contribution in [3.8, 4) is 0 Å². The summed E-state index contributed by atoms with van der Waals surface area (Å²) in [6.45, 7) is 4.13. The third-order valence-electron chi connectivity index (χ3n) is 5.01. The molecule has 11 nitrogen and oxygen atoms in total. The van der Waals surface area contributed by atoms with E-state index in [1.807, 2.05) is 13.8 Å². The van der Waals surface area contributed by atoms with Crippen molar-refractivity contribution in [1.29, 1.82) is 0 Å². The highest BCUT2D eigenvalue weighted by molar-refractivity contribution is 7.88. The highest BCUT2D eigenvalue weighted by Gasteiger charge is 2.39. The quantitative estimate of drug-likeness (QED) is 0.326. The molecule has 13 heteroatoms. The van der Waals surface area contributed by atoms with E-state index < -0.39 is 37.8 Å². The summed E-state index contributed by atoms with van der Waals surface area (Å²) in [6.07, 6.45) is 2.40. The smallest absolute Gasteiger partial charge is 0.248 e. The number of carbonyl (C=O) groups excluding carboxylic acids is 2. The van der Waals surface area contributed by atoms with Crippen LogP contribution in [0.2, 0.25) is 0 Å². The number of nitrogens with one attached hydrogen (secondary N) is 1. The second-order valence-electron chi connectivity index (χ2n) is 7.85. The first kappa shape index (κ1) is 25.8. The van der Waals surface area contributed by atoms with Gasteiger partial charge in [-0.2, -0.15) is 4.31 Å². The maximum atomic E-state index is 13.2. The Hall–Kier alpha value is -1.28. The van der Waals surface area contributed by atoms with E-state index in [0.29, 0.717) is 6.42 Å². The molecule has 1 saturated heterocycles.